The summed E-state index contributed by atoms with van der Waals surface area (Å²) in [5.74, 6) is 0. The highest BCUT2D eigenvalue weighted by atomic mass is 15.2. The molecule has 0 unspecified atom stereocenters. The van der Waals surface area contributed by atoms with Crippen molar-refractivity contribution in [2.45, 2.75) is 41.5 Å². The van der Waals surface area contributed by atoms with E-state index in [1.165, 1.54) is 66.8 Å². The molecule has 2 saturated heterocycles. The van der Waals surface area contributed by atoms with E-state index in [0.29, 0.717) is 0 Å². The van der Waals surface area contributed by atoms with E-state index in [4.69, 9.17) is 0 Å². The zero-order chi connectivity index (χ0) is 43.3. The molecule has 62 heavy (non-hydrogen) atoms. The van der Waals surface area contributed by atoms with Crippen molar-refractivity contribution in [3.63, 3.8) is 0 Å². The number of hydrogen-bond acceptors (Lipinski definition) is 9. The van der Waals surface area contributed by atoms with E-state index in [2.05, 4.69) is 185 Å². The van der Waals surface area contributed by atoms with Gasteiger partial charge in [0.05, 0.1) is 0 Å². The summed E-state index contributed by atoms with van der Waals surface area (Å²) in [7, 11) is 0. The predicted octanol–water partition coefficient (Wildman–Crippen LogP) is 4.70. The monoisotopic (exact) mass is 834 g/mol. The summed E-state index contributed by atoms with van der Waals surface area (Å²) in [5, 5.41) is 21.7. The van der Waals surface area contributed by atoms with E-state index in [1.54, 1.807) is 0 Å². The van der Waals surface area contributed by atoms with Crippen molar-refractivity contribution in [1.29, 1.82) is 0 Å². The van der Waals surface area contributed by atoms with Gasteiger partial charge in [-0.05, 0) is 102 Å². The second kappa shape index (κ2) is 22.6. The lowest BCUT2D eigenvalue weighted by Gasteiger charge is -2.32. The molecular weight excluding hydrogens is 761 g/mol. The van der Waals surface area contributed by atoms with Gasteiger partial charge in [0.2, 0.25) is 6.71 Å². The topological polar surface area (TPSA) is 81.9 Å². The van der Waals surface area contributed by atoms with E-state index in [9.17, 15) is 0 Å². The molecule has 2 aliphatic heterocycles. The van der Waals surface area contributed by atoms with Crippen LogP contribution in [0.1, 0.15) is 33.4 Å². The lowest BCUT2D eigenvalue weighted by molar-refractivity contribution is 0.557. The third kappa shape index (κ3) is 11.5. The Hall–Kier alpha value is -4.68. The molecule has 2 heterocycles. The van der Waals surface area contributed by atoms with Crippen LogP contribution in [0.25, 0.3) is 0 Å². The third-order valence-corrected chi connectivity index (χ3v) is 12.8. The van der Waals surface area contributed by atoms with Gasteiger partial charge in [-0.2, -0.15) is 0 Å². The Kier molecular flexibility index (Phi) is 16.5. The van der Waals surface area contributed by atoms with E-state index in [1.807, 2.05) is 0 Å². The number of benzene rings is 5. The van der Waals surface area contributed by atoms with Crippen molar-refractivity contribution in [2.75, 3.05) is 119 Å². The summed E-state index contributed by atoms with van der Waals surface area (Å²) in [6, 6.07) is 36.3. The maximum absolute atomic E-state index is 3.67. The highest BCUT2D eigenvalue weighted by molar-refractivity contribution is 6.97. The molecular formula is C52H72BN9. The Balaban J connectivity index is 1.34. The lowest BCUT2D eigenvalue weighted by atomic mass is 9.33. The largest absolute Gasteiger partial charge is 0.369 e. The van der Waals surface area contributed by atoms with E-state index >= 15 is 0 Å². The number of hydrogen-bond donors (Lipinski definition) is 6. The molecule has 10 heteroatoms. The van der Waals surface area contributed by atoms with Crippen LogP contribution < -0.4 is 63.0 Å². The minimum absolute atomic E-state index is 0.0540. The normalized spacial score (nSPS) is 16.7. The lowest BCUT2D eigenvalue weighted by Crippen LogP contribution is -2.57. The van der Waals surface area contributed by atoms with Crippen LogP contribution in [-0.4, -0.2) is 111 Å². The summed E-state index contributed by atoms with van der Waals surface area (Å²) in [6.45, 7) is 29.8. The number of para-hydroxylation sites is 2. The van der Waals surface area contributed by atoms with Crippen LogP contribution >= 0.6 is 0 Å². The van der Waals surface area contributed by atoms with Gasteiger partial charge in [0.1, 0.15) is 0 Å². The number of rotatable bonds is 8. The number of aryl methyl sites for hydroxylation is 6. The maximum Gasteiger partial charge on any atom is 0.243 e. The molecule has 0 aromatic heterocycles. The van der Waals surface area contributed by atoms with E-state index in [-0.39, 0.29) is 6.71 Å². The minimum Gasteiger partial charge on any atom is -0.369 e. The number of anilines is 5. The molecule has 0 saturated carbocycles. The molecule has 2 aliphatic rings. The molecule has 0 aliphatic carbocycles. The van der Waals surface area contributed by atoms with Gasteiger partial charge in [-0.15, -0.1) is 0 Å². The van der Waals surface area contributed by atoms with Crippen molar-refractivity contribution in [2.24, 2.45) is 0 Å². The summed E-state index contributed by atoms with van der Waals surface area (Å²) in [5.41, 5.74) is 18.3. The molecule has 6 N–H and O–H groups in total. The van der Waals surface area contributed by atoms with Gasteiger partial charge in [0.25, 0.3) is 0 Å². The molecule has 0 atom stereocenters. The fourth-order valence-electron chi connectivity index (χ4n) is 9.80. The standard InChI is InChI=1S/C52H72BN9/c1-39-33-47(60-29-25-56-21-17-54-18-22-57-26-30-60)34-40(2)50(39)53(51-41(3)35-48(36-42(51)4)61-31-27-58-23-19-55-20-24-59-28-32-61)52-43(5)37-49(38-44(52)6)62(45-13-9-7-10-14-45)46-15-11-8-12-16-46/h7-16,33-38,54-59H,17-32H2,1-6H3. The second-order valence-electron chi connectivity index (χ2n) is 17.4. The SMILES string of the molecule is Cc1cc(N2CCNCCNCCNCC2)cc(C)c1B(c1c(C)cc(N2CCNCCNCCNCC2)cc1C)c1c(C)cc(N(c2ccccc2)c2ccccc2)cc1C. The Labute approximate surface area is 373 Å². The smallest absolute Gasteiger partial charge is 0.243 e. The molecule has 0 spiro atoms. The van der Waals surface area contributed by atoms with Gasteiger partial charge in [-0.25, -0.2) is 0 Å². The minimum atomic E-state index is 0.0540. The molecule has 0 bridgehead atoms. The van der Waals surface area contributed by atoms with E-state index < -0.39 is 0 Å². The van der Waals surface area contributed by atoms with Crippen molar-refractivity contribution in [1.82, 2.24) is 31.9 Å². The average Bonchev–Trinajstić information content (AvgIpc) is 3.24. The van der Waals surface area contributed by atoms with Crippen LogP contribution in [0.2, 0.25) is 0 Å². The first-order chi connectivity index (χ1) is 30.3. The second-order valence-corrected chi connectivity index (χ2v) is 17.4. The summed E-state index contributed by atoms with van der Waals surface area (Å²) >= 11 is 0. The fourth-order valence-corrected chi connectivity index (χ4v) is 9.80. The molecule has 5 aromatic carbocycles. The molecule has 2 fully saturated rings. The van der Waals surface area contributed by atoms with Gasteiger partial charge in [-0.1, -0.05) is 86.2 Å². The van der Waals surface area contributed by atoms with Crippen molar-refractivity contribution in [3.05, 3.63) is 130 Å². The first-order valence-electron chi connectivity index (χ1n) is 23.3. The van der Waals surface area contributed by atoms with Crippen molar-refractivity contribution < 1.29 is 0 Å². The Morgan fingerprint density at radius 2 is 0.629 bits per heavy atom. The Morgan fingerprint density at radius 1 is 0.355 bits per heavy atom. The summed E-state index contributed by atoms with van der Waals surface area (Å²) < 4.78 is 0. The zero-order valence-electron chi connectivity index (χ0n) is 38.5. The third-order valence-electron chi connectivity index (χ3n) is 12.8. The van der Waals surface area contributed by atoms with Crippen LogP contribution in [0.4, 0.5) is 28.4 Å². The van der Waals surface area contributed by atoms with Gasteiger partial charge in [-0.3, -0.25) is 0 Å². The van der Waals surface area contributed by atoms with Crippen molar-refractivity contribution in [3.8, 4) is 0 Å². The quantitative estimate of drug-likeness (QED) is 0.125. The Morgan fingerprint density at radius 3 is 0.935 bits per heavy atom. The Bertz CT molecular complexity index is 1960. The van der Waals surface area contributed by atoms with Crippen LogP contribution in [0.5, 0.6) is 0 Å². The number of nitrogens with zero attached hydrogens (tertiary/aromatic N) is 3. The van der Waals surface area contributed by atoms with Crippen LogP contribution in [0.15, 0.2) is 97.1 Å². The molecule has 328 valence electrons. The molecule has 9 nitrogen and oxygen atoms in total. The molecule has 5 aromatic rings. The fraction of sp³-hybridized carbons (Fsp3) is 0.423. The molecule has 0 amide bonds. The zero-order valence-corrected chi connectivity index (χ0v) is 38.5. The first kappa shape index (κ1) is 45.4. The number of nitrogens with one attached hydrogen (secondary N) is 6. The molecule has 0 radical (unpaired) electrons. The van der Waals surface area contributed by atoms with Gasteiger partial charge < -0.3 is 46.6 Å². The van der Waals surface area contributed by atoms with Gasteiger partial charge in [0.15, 0.2) is 0 Å². The van der Waals surface area contributed by atoms with Crippen LogP contribution in [0, 0.1) is 41.5 Å². The van der Waals surface area contributed by atoms with Crippen LogP contribution in [-0.2, 0) is 0 Å². The van der Waals surface area contributed by atoms with Gasteiger partial charge in [0, 0.05) is 133 Å². The van der Waals surface area contributed by atoms with Crippen LogP contribution in [0.3, 0.4) is 0 Å². The van der Waals surface area contributed by atoms with Crippen molar-refractivity contribution >= 4 is 51.5 Å². The van der Waals surface area contributed by atoms with Gasteiger partial charge >= 0.3 is 0 Å². The summed E-state index contributed by atoms with van der Waals surface area (Å²) in [6.07, 6.45) is 0. The summed E-state index contributed by atoms with van der Waals surface area (Å²) in [4.78, 5) is 7.54. The predicted molar refractivity (Wildman–Crippen MR) is 269 cm³/mol. The first-order valence-corrected chi connectivity index (χ1v) is 23.3. The van der Waals surface area contributed by atoms with E-state index in [0.717, 1.165) is 116 Å². The maximum atomic E-state index is 3.67. The molecule has 7 rings (SSSR count). The highest BCUT2D eigenvalue weighted by Gasteiger charge is 2.32. The average molecular weight is 834 g/mol. The highest BCUT2D eigenvalue weighted by Crippen LogP contribution is 2.35.